The number of hydrogen-bond donors (Lipinski definition) is 3. The molecule has 5 aromatic rings. The van der Waals surface area contributed by atoms with Gasteiger partial charge in [0.15, 0.2) is 5.78 Å². The third-order valence-corrected chi connectivity index (χ3v) is 17.8. The van der Waals surface area contributed by atoms with Gasteiger partial charge in [-0.05, 0) is 158 Å². The highest BCUT2D eigenvalue weighted by molar-refractivity contribution is 7.10. The molecule has 4 aliphatic rings. The number of rotatable bonds is 17. The molecule has 2 aliphatic heterocycles. The van der Waals surface area contributed by atoms with Gasteiger partial charge in [-0.25, -0.2) is 28.3 Å². The Morgan fingerprint density at radius 3 is 1.40 bits per heavy atom. The number of alkyl carbamates (subject to hydrolysis) is 2. The first-order valence-corrected chi connectivity index (χ1v) is 30.8. The van der Waals surface area contributed by atoms with Crippen molar-refractivity contribution in [2.45, 2.75) is 166 Å². The first-order chi connectivity index (χ1) is 40.0. The quantitative estimate of drug-likeness (QED) is 0.0740. The van der Waals surface area contributed by atoms with E-state index in [4.69, 9.17) is 19.4 Å². The Morgan fingerprint density at radius 1 is 0.560 bits per heavy atom. The Labute approximate surface area is 496 Å². The van der Waals surface area contributed by atoms with Gasteiger partial charge in [0.1, 0.15) is 56.3 Å². The molecule has 84 heavy (non-hydrogen) atoms. The van der Waals surface area contributed by atoms with Gasteiger partial charge in [-0.2, -0.15) is 0 Å². The van der Waals surface area contributed by atoms with Crippen LogP contribution >= 0.6 is 22.7 Å². The summed E-state index contributed by atoms with van der Waals surface area (Å²) in [5, 5.41) is 13.0. The second-order valence-corrected chi connectivity index (χ2v) is 26.4. The van der Waals surface area contributed by atoms with Gasteiger partial charge in [-0.1, -0.05) is 50.7 Å². The molecule has 446 valence electrons. The molecule has 4 fully saturated rings. The van der Waals surface area contributed by atoms with Crippen molar-refractivity contribution in [3.05, 3.63) is 139 Å². The van der Waals surface area contributed by atoms with E-state index >= 15 is 0 Å². The zero-order chi connectivity index (χ0) is 60.0. The van der Waals surface area contributed by atoms with E-state index in [1.165, 1.54) is 71.2 Å². The topological polar surface area (TPSA) is 223 Å². The van der Waals surface area contributed by atoms with Gasteiger partial charge in [0.25, 0.3) is 5.91 Å². The molecule has 2 aliphatic carbocycles. The van der Waals surface area contributed by atoms with E-state index in [1.807, 2.05) is 0 Å². The molecule has 0 unspecified atom stereocenters. The minimum absolute atomic E-state index is 0.0259. The summed E-state index contributed by atoms with van der Waals surface area (Å²) >= 11 is 2.40. The third kappa shape index (κ3) is 15.3. The smallest absolute Gasteiger partial charge is 0.408 e. The van der Waals surface area contributed by atoms with Gasteiger partial charge in [-0.3, -0.25) is 28.8 Å². The van der Waals surface area contributed by atoms with E-state index in [1.54, 1.807) is 86.4 Å². The molecule has 0 spiro atoms. The van der Waals surface area contributed by atoms with Crippen molar-refractivity contribution in [2.75, 3.05) is 13.1 Å². The summed E-state index contributed by atoms with van der Waals surface area (Å²) in [5.41, 5.74) is -0.319. The number of aromatic nitrogens is 2. The van der Waals surface area contributed by atoms with E-state index in [0.717, 1.165) is 51.4 Å². The van der Waals surface area contributed by atoms with Crippen molar-refractivity contribution in [1.29, 1.82) is 0 Å². The molecule has 4 heterocycles. The Kier molecular flexibility index (Phi) is 19.2. The fourth-order valence-corrected chi connectivity index (χ4v) is 13.8. The Hall–Kier alpha value is -7.26. The van der Waals surface area contributed by atoms with E-state index < -0.39 is 82.7 Å². The maximum absolute atomic E-state index is 15.0. The van der Waals surface area contributed by atoms with Gasteiger partial charge in [0.05, 0.1) is 12.1 Å². The van der Waals surface area contributed by atoms with Crippen LogP contribution in [0.4, 0.5) is 18.4 Å². The van der Waals surface area contributed by atoms with Crippen molar-refractivity contribution in [3.63, 3.8) is 0 Å². The lowest BCUT2D eigenvalue weighted by molar-refractivity contribution is -0.137. The Balaban J connectivity index is 0.918. The van der Waals surface area contributed by atoms with Crippen LogP contribution in [0.25, 0.3) is 0 Å². The summed E-state index contributed by atoms with van der Waals surface area (Å²) < 4.78 is 38.8. The first kappa shape index (κ1) is 61.3. The maximum atomic E-state index is 15.0. The van der Waals surface area contributed by atoms with E-state index in [-0.39, 0.29) is 89.4 Å². The monoisotopic (exact) mass is 1190 g/mol. The third-order valence-electron chi connectivity index (χ3n) is 15.9. The summed E-state index contributed by atoms with van der Waals surface area (Å²) in [5.74, 6) is -3.92. The molecule has 2 saturated carbocycles. The van der Waals surface area contributed by atoms with E-state index in [9.17, 15) is 47.1 Å². The molecular weight excluding hydrogens is 1120 g/mol. The van der Waals surface area contributed by atoms with Crippen LogP contribution in [0.15, 0.2) is 83.6 Å². The highest BCUT2D eigenvalue weighted by Crippen LogP contribution is 2.42. The lowest BCUT2D eigenvalue weighted by atomic mass is 9.83. The second kappa shape index (κ2) is 26.3. The lowest BCUT2D eigenvalue weighted by Gasteiger charge is -2.35. The highest BCUT2D eigenvalue weighted by atomic mass is 32.1. The van der Waals surface area contributed by atoms with Crippen LogP contribution < -0.4 is 16.0 Å². The maximum Gasteiger partial charge on any atom is 0.408 e. The fraction of sp³-hybridized carbons (Fsp3) is 0.492. The minimum Gasteiger partial charge on any atom is -0.444 e. The van der Waals surface area contributed by atoms with Crippen LogP contribution in [0.5, 0.6) is 0 Å². The number of nitrogens with zero attached hydrogens (tertiary/aromatic N) is 4. The average Bonchev–Trinajstić information content (AvgIpc) is 4.19. The molecule has 2 saturated heterocycles. The Morgan fingerprint density at radius 2 is 0.964 bits per heavy atom. The van der Waals surface area contributed by atoms with Crippen molar-refractivity contribution in [2.24, 2.45) is 17.8 Å². The normalized spacial score (nSPS) is 20.4. The predicted octanol–water partition coefficient (Wildman–Crippen LogP) is 11.5. The molecule has 17 nitrogen and oxygen atoms in total. The number of hydrogen-bond acceptors (Lipinski definition) is 14. The fourth-order valence-electron chi connectivity index (χ4n) is 11.9. The highest BCUT2D eigenvalue weighted by Gasteiger charge is 2.46. The molecule has 3 aromatic carbocycles. The number of thiazole rings is 2. The van der Waals surface area contributed by atoms with Gasteiger partial charge in [0, 0.05) is 58.6 Å². The number of carbonyl (C=O) groups excluding carboxylic acids is 8. The minimum atomic E-state index is -0.939. The summed E-state index contributed by atoms with van der Waals surface area (Å²) in [6.45, 7) is 10.7. The lowest BCUT2D eigenvalue weighted by Crippen LogP contribution is -2.54. The van der Waals surface area contributed by atoms with Gasteiger partial charge >= 0.3 is 12.2 Å². The van der Waals surface area contributed by atoms with Crippen LogP contribution in [-0.4, -0.2) is 109 Å². The number of nitrogens with one attached hydrogen (secondary N) is 3. The number of carbonyl (C=O) groups is 8. The van der Waals surface area contributed by atoms with Crippen molar-refractivity contribution in [3.8, 4) is 0 Å². The second-order valence-electron chi connectivity index (χ2n) is 24.6. The van der Waals surface area contributed by atoms with E-state index in [2.05, 4.69) is 16.0 Å². The number of halogens is 2. The largest absolute Gasteiger partial charge is 0.444 e. The SMILES string of the molecule is CC(C)(C)OC(=O)N[C@H](C(=O)N1C[C@@H](CC(=O)c2ccc(C(=O)N[C@H]3C[C@@H](c4nc(C(=O)c5ccc(F)cc5)cs4)N(C(=O)[C@@H](NC(=O)OC(C)(C)C)C4CCCCC4)C3)cc2)C[C@H]1c1nc(C(=O)c2ccc(F)cc2)cs1)C1CCCCC1. The van der Waals surface area contributed by atoms with Crippen LogP contribution in [0, 0.1) is 29.4 Å². The van der Waals surface area contributed by atoms with Gasteiger partial charge < -0.3 is 35.2 Å². The summed E-state index contributed by atoms with van der Waals surface area (Å²) in [4.78, 5) is 125. The van der Waals surface area contributed by atoms with Crippen LogP contribution in [0.2, 0.25) is 0 Å². The molecule has 0 radical (unpaired) electrons. The van der Waals surface area contributed by atoms with Crippen LogP contribution in [0.1, 0.15) is 200 Å². The van der Waals surface area contributed by atoms with Crippen LogP contribution in [0.3, 0.4) is 0 Å². The van der Waals surface area contributed by atoms with Gasteiger partial charge in [0.2, 0.25) is 23.4 Å². The molecule has 3 N–H and O–H groups in total. The molecule has 2 aromatic heterocycles. The van der Waals surface area contributed by atoms with E-state index in [0.29, 0.717) is 34.8 Å². The van der Waals surface area contributed by atoms with Crippen LogP contribution in [-0.2, 0) is 19.1 Å². The number of ketones is 3. The standard InChI is InChI=1S/C63H73F2N7O10S2/c1-62(2,3)81-60(79)69-51(38-13-9-7-10-14-38)58(77)71-32-36(29-48(71)56-67-46(34-83-56)53(74)40-21-25-43(64)26-22-40)30-50(73)37-17-19-42(20-18-37)55(76)66-45-31-49(57-68-47(35-84-57)54(75)41-23-27-44(65)28-24-41)72(33-45)59(78)52(39-15-11-8-12-16-39)70-61(80)82-63(4,5)6/h17-28,34-36,38-39,45,48-49,51-52H,7-16,29-33H2,1-6H3,(H,66,76)(H,69,79)(H,70,80)/t36-,45+,48+,49+,51+,52+/m1/s1. The number of amides is 5. The molecule has 5 amide bonds. The van der Waals surface area contributed by atoms with Crippen molar-refractivity contribution >= 4 is 69.9 Å². The molecule has 21 heteroatoms. The van der Waals surface area contributed by atoms with Gasteiger partial charge in [-0.15, -0.1) is 22.7 Å². The van der Waals surface area contributed by atoms with Crippen molar-refractivity contribution < 1.29 is 56.6 Å². The first-order valence-electron chi connectivity index (χ1n) is 29.0. The molecule has 9 rings (SSSR count). The summed E-state index contributed by atoms with van der Waals surface area (Å²) in [6.07, 6.45) is 7.58. The molecule has 6 atom stereocenters. The number of ether oxygens (including phenoxy) is 2. The molecule has 0 bridgehead atoms. The number of likely N-dealkylation sites (tertiary alicyclic amines) is 2. The molecular formula is C63H73F2N7O10S2. The zero-order valence-corrected chi connectivity index (χ0v) is 49.9. The average molecular weight is 1190 g/mol. The van der Waals surface area contributed by atoms with Crippen molar-refractivity contribution in [1.82, 2.24) is 35.7 Å². The summed E-state index contributed by atoms with van der Waals surface area (Å²) in [6, 6.07) is 12.8. The zero-order valence-electron chi connectivity index (χ0n) is 48.3. The predicted molar refractivity (Wildman–Crippen MR) is 312 cm³/mol. The Bertz CT molecular complexity index is 3000. The number of benzene rings is 3. The number of Topliss-reactive ketones (excluding diaryl/α,β-unsaturated/α-hetero) is 1. The summed E-state index contributed by atoms with van der Waals surface area (Å²) in [7, 11) is 0.